The predicted molar refractivity (Wildman–Crippen MR) is 119 cm³/mol. The van der Waals surface area contributed by atoms with E-state index in [9.17, 15) is 26.8 Å². The van der Waals surface area contributed by atoms with E-state index in [2.05, 4.69) is 0 Å². The molecule has 13 heteroatoms. The fourth-order valence-corrected chi connectivity index (χ4v) is 3.46. The second-order valence-electron chi connectivity index (χ2n) is 7.14. The fraction of sp³-hybridized carbons (Fsp3) is 0.200. The summed E-state index contributed by atoms with van der Waals surface area (Å²) in [7, 11) is -1.37. The van der Waals surface area contributed by atoms with Crippen LogP contribution in [0.4, 0.5) is 19.3 Å². The SMILES string of the molecule is Cc1c(Cc2cccc(NS(N)(=O)=O)c2F)c(=O)oc2cc(OC(=O)N(C)C)c(F)cc12.[Na]. The summed E-state index contributed by atoms with van der Waals surface area (Å²) in [5.74, 6) is -2.20. The summed E-state index contributed by atoms with van der Waals surface area (Å²) in [5.41, 5.74) is -0.858. The van der Waals surface area contributed by atoms with E-state index in [-0.39, 0.29) is 63.8 Å². The van der Waals surface area contributed by atoms with E-state index >= 15 is 0 Å². The zero-order valence-corrected chi connectivity index (χ0v) is 21.0. The Kier molecular flexibility index (Phi) is 8.25. The van der Waals surface area contributed by atoms with Crippen LogP contribution in [0.1, 0.15) is 16.7 Å². The van der Waals surface area contributed by atoms with E-state index < -0.39 is 39.3 Å². The van der Waals surface area contributed by atoms with Crippen LogP contribution < -0.4 is 20.2 Å². The minimum Gasteiger partial charge on any atom is -0.422 e. The molecule has 0 aliphatic rings. The van der Waals surface area contributed by atoms with Crippen molar-refractivity contribution in [3.05, 3.63) is 69.1 Å². The Balaban J connectivity index is 0.00000385. The second kappa shape index (κ2) is 10.2. The van der Waals surface area contributed by atoms with Gasteiger partial charge in [0.05, 0.1) is 5.69 Å². The van der Waals surface area contributed by atoms with Crippen LogP contribution in [0, 0.1) is 18.6 Å². The quantitative estimate of drug-likeness (QED) is 0.417. The van der Waals surface area contributed by atoms with Crippen LogP contribution >= 0.6 is 0 Å². The van der Waals surface area contributed by atoms with E-state index in [4.69, 9.17) is 14.3 Å². The summed E-state index contributed by atoms with van der Waals surface area (Å²) in [6.45, 7) is 1.53. The van der Waals surface area contributed by atoms with Crippen molar-refractivity contribution in [2.75, 3.05) is 18.8 Å². The number of carbonyl (C=O) groups is 1. The number of halogens is 2. The largest absolute Gasteiger partial charge is 0.422 e. The molecule has 2 aromatic carbocycles. The topological polar surface area (TPSA) is 132 Å². The Bertz CT molecular complexity index is 1390. The molecule has 1 amide bonds. The standard InChI is InChI=1S/C20H19F2N3O6S.Na/c1-10-12-8-14(21)17(31-20(27)25(2)3)9-16(12)30-19(26)13(10)7-11-5-4-6-15(18(11)22)24-32(23,28)29;/h4-6,8-9,24H,7H2,1-3H3,(H2,23,28,29);. The van der Waals surface area contributed by atoms with Gasteiger partial charge in [-0.1, -0.05) is 12.1 Å². The zero-order valence-electron chi connectivity index (χ0n) is 18.2. The average molecular weight is 490 g/mol. The minimum atomic E-state index is -4.21. The van der Waals surface area contributed by atoms with Gasteiger partial charge in [0.15, 0.2) is 17.4 Å². The Morgan fingerprint density at radius 1 is 1.24 bits per heavy atom. The molecule has 0 aliphatic heterocycles. The van der Waals surface area contributed by atoms with Gasteiger partial charge in [-0.3, -0.25) is 4.72 Å². The molecule has 3 rings (SSSR count). The third-order valence-electron chi connectivity index (χ3n) is 4.60. The molecule has 0 spiro atoms. The molecular formula is C20H19F2N3NaO6S. The maximum atomic E-state index is 14.7. The number of fused-ring (bicyclic) bond motifs is 1. The molecule has 0 aliphatic carbocycles. The summed E-state index contributed by atoms with van der Waals surface area (Å²) in [5, 5.41) is 5.11. The van der Waals surface area contributed by atoms with Gasteiger partial charge in [0.1, 0.15) is 5.58 Å². The number of rotatable bonds is 5. The Morgan fingerprint density at radius 2 is 1.91 bits per heavy atom. The molecule has 33 heavy (non-hydrogen) atoms. The van der Waals surface area contributed by atoms with Gasteiger partial charge in [0.2, 0.25) is 0 Å². The minimum absolute atomic E-state index is 0. The van der Waals surface area contributed by atoms with Crippen LogP contribution in [-0.2, 0) is 16.6 Å². The van der Waals surface area contributed by atoms with E-state index in [0.717, 1.165) is 17.0 Å². The molecule has 1 radical (unpaired) electrons. The number of carbonyl (C=O) groups excluding carboxylic acids is 1. The molecule has 0 saturated carbocycles. The monoisotopic (exact) mass is 490 g/mol. The maximum Gasteiger partial charge on any atom is 0.414 e. The molecule has 0 atom stereocenters. The molecule has 0 saturated heterocycles. The van der Waals surface area contributed by atoms with E-state index in [1.165, 1.54) is 39.2 Å². The smallest absolute Gasteiger partial charge is 0.414 e. The molecule has 0 fully saturated rings. The second-order valence-corrected chi connectivity index (χ2v) is 8.43. The third-order valence-corrected chi connectivity index (χ3v) is 5.10. The molecule has 3 aromatic rings. The molecule has 9 nitrogen and oxygen atoms in total. The summed E-state index contributed by atoms with van der Waals surface area (Å²) in [6, 6.07) is 6.04. The number of hydrogen-bond donors (Lipinski definition) is 2. The molecule has 0 bridgehead atoms. The van der Waals surface area contributed by atoms with Gasteiger partial charge in [0, 0.05) is 67.1 Å². The van der Waals surface area contributed by atoms with Crippen molar-refractivity contribution in [2.24, 2.45) is 5.14 Å². The first-order valence-electron chi connectivity index (χ1n) is 9.10. The van der Waals surface area contributed by atoms with Crippen molar-refractivity contribution in [3.8, 4) is 5.75 Å². The van der Waals surface area contributed by atoms with Crippen molar-refractivity contribution in [1.29, 1.82) is 0 Å². The molecule has 1 heterocycles. The summed E-state index contributed by atoms with van der Waals surface area (Å²) in [4.78, 5) is 25.4. The van der Waals surface area contributed by atoms with Gasteiger partial charge in [0.25, 0.3) is 10.2 Å². The van der Waals surface area contributed by atoms with E-state index in [1.807, 2.05) is 4.72 Å². The number of nitrogens with one attached hydrogen (secondary N) is 1. The van der Waals surface area contributed by atoms with Crippen LogP contribution in [0.25, 0.3) is 11.0 Å². The first kappa shape index (κ1) is 26.7. The van der Waals surface area contributed by atoms with E-state index in [1.54, 1.807) is 0 Å². The molecule has 1 aromatic heterocycles. The molecule has 171 valence electrons. The van der Waals surface area contributed by atoms with Crippen molar-refractivity contribution in [2.45, 2.75) is 13.3 Å². The predicted octanol–water partition coefficient (Wildman–Crippen LogP) is 2.27. The van der Waals surface area contributed by atoms with Gasteiger partial charge in [-0.15, -0.1) is 0 Å². The van der Waals surface area contributed by atoms with Crippen molar-refractivity contribution >= 4 is 62.5 Å². The molecular weight excluding hydrogens is 471 g/mol. The number of anilines is 1. The molecule has 0 unspecified atom stereocenters. The fourth-order valence-electron chi connectivity index (χ4n) is 3.00. The number of hydrogen-bond acceptors (Lipinski definition) is 6. The summed E-state index contributed by atoms with van der Waals surface area (Å²) < 4.78 is 63.7. The summed E-state index contributed by atoms with van der Waals surface area (Å²) in [6.07, 6.45) is -1.07. The van der Waals surface area contributed by atoms with Gasteiger partial charge in [-0.2, -0.15) is 8.42 Å². The number of amides is 1. The van der Waals surface area contributed by atoms with Crippen molar-refractivity contribution in [1.82, 2.24) is 4.90 Å². The number of nitrogens with two attached hydrogens (primary N) is 1. The average Bonchev–Trinajstić information content (AvgIpc) is 2.68. The van der Waals surface area contributed by atoms with Crippen LogP contribution in [0.3, 0.4) is 0 Å². The van der Waals surface area contributed by atoms with E-state index in [0.29, 0.717) is 5.56 Å². The van der Waals surface area contributed by atoms with Gasteiger partial charge >= 0.3 is 11.7 Å². The first-order valence-corrected chi connectivity index (χ1v) is 10.6. The number of ether oxygens (including phenoxy) is 1. The van der Waals surface area contributed by atoms with Crippen LogP contribution in [-0.4, -0.2) is 63.1 Å². The van der Waals surface area contributed by atoms with Gasteiger partial charge in [-0.05, 0) is 30.2 Å². The Hall–Kier alpha value is -2.51. The summed E-state index contributed by atoms with van der Waals surface area (Å²) >= 11 is 0. The van der Waals surface area contributed by atoms with Gasteiger partial charge < -0.3 is 14.1 Å². The third kappa shape index (κ3) is 6.09. The normalized spacial score (nSPS) is 11.1. The van der Waals surface area contributed by atoms with Crippen molar-refractivity contribution < 1.29 is 31.1 Å². The number of nitrogens with zero attached hydrogens (tertiary/aromatic N) is 1. The zero-order chi connectivity index (χ0) is 23.8. The van der Waals surface area contributed by atoms with Crippen molar-refractivity contribution in [3.63, 3.8) is 0 Å². The number of aryl methyl sites for hydroxylation is 1. The molecule has 3 N–H and O–H groups in total. The van der Waals surface area contributed by atoms with Crippen LogP contribution in [0.5, 0.6) is 5.75 Å². The number of benzene rings is 2. The first-order chi connectivity index (χ1) is 14.9. The van der Waals surface area contributed by atoms with Crippen LogP contribution in [0.15, 0.2) is 39.5 Å². The van der Waals surface area contributed by atoms with Crippen LogP contribution in [0.2, 0.25) is 0 Å². The van der Waals surface area contributed by atoms with Gasteiger partial charge in [-0.25, -0.2) is 23.5 Å². The Morgan fingerprint density at radius 3 is 2.52 bits per heavy atom. The Labute approximate surface area is 210 Å². The maximum absolute atomic E-state index is 14.7.